The number of hydrogen-bond donors (Lipinski definition) is 0. The minimum absolute atomic E-state index is 0.160. The van der Waals surface area contributed by atoms with Crippen molar-refractivity contribution in [1.82, 2.24) is 19.7 Å². The van der Waals surface area contributed by atoms with Crippen molar-refractivity contribution < 1.29 is 9.59 Å². The molecule has 0 spiro atoms. The van der Waals surface area contributed by atoms with E-state index in [1.807, 2.05) is 22.1 Å². The van der Waals surface area contributed by atoms with Gasteiger partial charge in [0.05, 0.1) is 12.6 Å². The average Bonchev–Trinajstić information content (AvgIpc) is 3.49. The van der Waals surface area contributed by atoms with Gasteiger partial charge in [0.1, 0.15) is 0 Å². The van der Waals surface area contributed by atoms with Gasteiger partial charge >= 0.3 is 0 Å². The summed E-state index contributed by atoms with van der Waals surface area (Å²) in [5, 5.41) is 2.80. The summed E-state index contributed by atoms with van der Waals surface area (Å²) in [5.74, 6) is 0.441. The largest absolute Gasteiger partial charge is 0.342 e. The van der Waals surface area contributed by atoms with Gasteiger partial charge in [-0.05, 0) is 32.6 Å². The van der Waals surface area contributed by atoms with Crippen molar-refractivity contribution in [2.75, 3.05) is 50.7 Å². The molecule has 0 bridgehead atoms. The molecular formula is C22H35N5O2S. The molecule has 1 aromatic heterocycles. The third kappa shape index (κ3) is 5.03. The third-order valence-corrected chi connectivity index (χ3v) is 7.70. The molecule has 0 N–H and O–H groups in total. The molecular weight excluding hydrogens is 398 g/mol. The summed E-state index contributed by atoms with van der Waals surface area (Å²) in [6.45, 7) is 7.74. The van der Waals surface area contributed by atoms with Gasteiger partial charge in [0.25, 0.3) is 0 Å². The first-order valence-electron chi connectivity index (χ1n) is 11.6. The molecule has 166 valence electrons. The number of likely N-dealkylation sites (tertiary alicyclic amines) is 1. The van der Waals surface area contributed by atoms with Gasteiger partial charge < -0.3 is 4.90 Å². The minimum atomic E-state index is -0.160. The minimum Gasteiger partial charge on any atom is -0.342 e. The normalized spacial score (nSPS) is 22.9. The summed E-state index contributed by atoms with van der Waals surface area (Å²) >= 11 is 1.56. The molecule has 1 aromatic rings. The van der Waals surface area contributed by atoms with Crippen molar-refractivity contribution in [1.29, 1.82) is 0 Å². The number of thiazole rings is 1. The molecule has 3 fully saturated rings. The molecule has 8 heteroatoms. The lowest BCUT2D eigenvalue weighted by Crippen LogP contribution is -2.57. The molecule has 7 nitrogen and oxygen atoms in total. The quantitative estimate of drug-likeness (QED) is 0.690. The highest BCUT2D eigenvalue weighted by molar-refractivity contribution is 7.13. The maximum atomic E-state index is 13.5. The first-order chi connectivity index (χ1) is 14.6. The van der Waals surface area contributed by atoms with Crippen LogP contribution in [0.2, 0.25) is 0 Å². The van der Waals surface area contributed by atoms with Crippen LogP contribution in [0.25, 0.3) is 0 Å². The molecule has 3 aliphatic rings. The second-order valence-electron chi connectivity index (χ2n) is 8.89. The third-order valence-electron chi connectivity index (χ3n) is 6.93. The summed E-state index contributed by atoms with van der Waals surface area (Å²) in [4.78, 5) is 39.0. The Morgan fingerprint density at radius 3 is 2.40 bits per heavy atom. The fraction of sp³-hybridized carbons (Fsp3) is 0.773. The van der Waals surface area contributed by atoms with Crippen molar-refractivity contribution in [3.63, 3.8) is 0 Å². The number of carbonyl (C=O) groups is 2. The topological polar surface area (TPSA) is 60.0 Å². The number of carbonyl (C=O) groups excluding carboxylic acids is 2. The fourth-order valence-electron chi connectivity index (χ4n) is 5.03. The smallest absolute Gasteiger partial charge is 0.246 e. The van der Waals surface area contributed by atoms with Crippen LogP contribution in [0.15, 0.2) is 11.6 Å². The van der Waals surface area contributed by atoms with Gasteiger partial charge in [-0.15, -0.1) is 11.3 Å². The molecule has 4 rings (SSSR count). The van der Waals surface area contributed by atoms with Crippen molar-refractivity contribution in [2.45, 2.75) is 64.0 Å². The van der Waals surface area contributed by atoms with Gasteiger partial charge in [-0.1, -0.05) is 19.3 Å². The van der Waals surface area contributed by atoms with Crippen LogP contribution in [0.3, 0.4) is 0 Å². The lowest BCUT2D eigenvalue weighted by molar-refractivity contribution is -0.132. The van der Waals surface area contributed by atoms with E-state index in [-0.39, 0.29) is 23.9 Å². The van der Waals surface area contributed by atoms with Crippen molar-refractivity contribution in [3.8, 4) is 0 Å². The molecule has 3 heterocycles. The SMILES string of the molecule is CC(C(=O)N(c1nccs1)C1CCCCC1)N1CCN(CC(=O)N2CCCC2)CC1. The monoisotopic (exact) mass is 433 g/mol. The van der Waals surface area contributed by atoms with E-state index in [2.05, 4.69) is 14.8 Å². The second-order valence-corrected chi connectivity index (χ2v) is 9.76. The van der Waals surface area contributed by atoms with Gasteiger partial charge in [-0.2, -0.15) is 0 Å². The summed E-state index contributed by atoms with van der Waals surface area (Å²) in [5.41, 5.74) is 0. The number of piperazine rings is 1. The zero-order valence-electron chi connectivity index (χ0n) is 18.2. The van der Waals surface area contributed by atoms with Crippen LogP contribution in [0.4, 0.5) is 5.13 Å². The van der Waals surface area contributed by atoms with Crippen LogP contribution in [0.1, 0.15) is 51.9 Å². The highest BCUT2D eigenvalue weighted by atomic mass is 32.1. The highest BCUT2D eigenvalue weighted by Crippen LogP contribution is 2.30. The molecule has 2 saturated heterocycles. The highest BCUT2D eigenvalue weighted by Gasteiger charge is 2.35. The number of nitrogens with zero attached hydrogens (tertiary/aromatic N) is 5. The van der Waals surface area contributed by atoms with Crippen LogP contribution < -0.4 is 4.90 Å². The Labute approximate surface area is 184 Å². The number of hydrogen-bond acceptors (Lipinski definition) is 6. The van der Waals surface area contributed by atoms with E-state index in [1.165, 1.54) is 19.3 Å². The molecule has 2 amide bonds. The van der Waals surface area contributed by atoms with Crippen molar-refractivity contribution in [3.05, 3.63) is 11.6 Å². The van der Waals surface area contributed by atoms with E-state index in [0.29, 0.717) is 6.54 Å². The molecule has 2 aliphatic heterocycles. The summed E-state index contributed by atoms with van der Waals surface area (Å²) in [6.07, 6.45) is 9.87. The van der Waals surface area contributed by atoms with E-state index in [9.17, 15) is 9.59 Å². The molecule has 1 saturated carbocycles. The first-order valence-corrected chi connectivity index (χ1v) is 12.5. The van der Waals surface area contributed by atoms with Gasteiger partial charge in [-0.25, -0.2) is 4.98 Å². The van der Waals surface area contributed by atoms with Gasteiger partial charge in [0.15, 0.2) is 5.13 Å². The van der Waals surface area contributed by atoms with Crippen LogP contribution in [-0.4, -0.2) is 89.4 Å². The molecule has 1 atom stereocenters. The molecule has 1 unspecified atom stereocenters. The first kappa shape index (κ1) is 21.7. The number of aromatic nitrogens is 1. The van der Waals surface area contributed by atoms with Crippen LogP contribution in [0.5, 0.6) is 0 Å². The van der Waals surface area contributed by atoms with Gasteiger partial charge in [-0.3, -0.25) is 24.3 Å². The van der Waals surface area contributed by atoms with Gasteiger partial charge in [0, 0.05) is 56.9 Å². The van der Waals surface area contributed by atoms with Crippen molar-refractivity contribution in [2.24, 2.45) is 0 Å². The Balaban J connectivity index is 1.33. The molecule has 0 aromatic carbocycles. The Morgan fingerprint density at radius 1 is 1.07 bits per heavy atom. The van der Waals surface area contributed by atoms with Crippen LogP contribution in [0, 0.1) is 0 Å². The molecule has 0 radical (unpaired) electrons. The van der Waals surface area contributed by atoms with Crippen LogP contribution >= 0.6 is 11.3 Å². The Bertz CT molecular complexity index is 692. The zero-order valence-corrected chi connectivity index (χ0v) is 19.0. The van der Waals surface area contributed by atoms with E-state index in [4.69, 9.17) is 0 Å². The summed E-state index contributed by atoms with van der Waals surface area (Å²) < 4.78 is 0. The maximum absolute atomic E-state index is 13.5. The van der Waals surface area contributed by atoms with E-state index in [0.717, 1.165) is 70.1 Å². The molecule has 30 heavy (non-hydrogen) atoms. The number of anilines is 1. The van der Waals surface area contributed by atoms with E-state index < -0.39 is 0 Å². The lowest BCUT2D eigenvalue weighted by atomic mass is 9.94. The predicted molar refractivity (Wildman–Crippen MR) is 120 cm³/mol. The average molecular weight is 434 g/mol. The number of amides is 2. The maximum Gasteiger partial charge on any atom is 0.246 e. The summed E-state index contributed by atoms with van der Waals surface area (Å²) in [6, 6.07) is 0.117. The fourth-order valence-corrected chi connectivity index (χ4v) is 5.75. The second kappa shape index (κ2) is 10.2. The van der Waals surface area contributed by atoms with E-state index in [1.54, 1.807) is 17.5 Å². The molecule has 1 aliphatic carbocycles. The Morgan fingerprint density at radius 2 is 1.77 bits per heavy atom. The Kier molecular flexibility index (Phi) is 7.38. The lowest BCUT2D eigenvalue weighted by Gasteiger charge is -2.40. The predicted octanol–water partition coefficient (Wildman–Crippen LogP) is 2.44. The Hall–Kier alpha value is -1.51. The standard InChI is InChI=1S/C22H35N5O2S/c1-18(21(29)27(22-23-9-16-30-22)19-7-3-2-4-8-19)25-14-12-24(13-15-25)17-20(28)26-10-5-6-11-26/h9,16,18-19H,2-8,10-15,17H2,1H3. The van der Waals surface area contributed by atoms with Crippen molar-refractivity contribution >= 4 is 28.3 Å². The summed E-state index contributed by atoms with van der Waals surface area (Å²) in [7, 11) is 0. The number of rotatable bonds is 6. The van der Waals surface area contributed by atoms with E-state index >= 15 is 0 Å². The zero-order chi connectivity index (χ0) is 20.9. The van der Waals surface area contributed by atoms with Gasteiger partial charge in [0.2, 0.25) is 11.8 Å². The van der Waals surface area contributed by atoms with Crippen LogP contribution in [-0.2, 0) is 9.59 Å².